The van der Waals surface area contributed by atoms with E-state index in [1.54, 1.807) is 0 Å². The molecule has 0 amide bonds. The fourth-order valence-corrected chi connectivity index (χ4v) is 2.69. The molecule has 1 aliphatic rings. The van der Waals surface area contributed by atoms with Crippen LogP contribution in [0.3, 0.4) is 0 Å². The van der Waals surface area contributed by atoms with Crippen LogP contribution < -0.4 is 0 Å². The van der Waals surface area contributed by atoms with Gasteiger partial charge in [-0.25, -0.2) is 0 Å². The van der Waals surface area contributed by atoms with Gasteiger partial charge in [-0.15, -0.1) is 0 Å². The van der Waals surface area contributed by atoms with E-state index in [1.165, 1.54) is 18.2 Å². The summed E-state index contributed by atoms with van der Waals surface area (Å²) < 4.78 is 4.92. The number of hydrogen-bond acceptors (Lipinski definition) is 2. The molecule has 0 unspecified atom stereocenters. The lowest BCUT2D eigenvalue weighted by Gasteiger charge is -2.25. The predicted molar refractivity (Wildman–Crippen MR) is 70.3 cm³/mol. The Kier molecular flexibility index (Phi) is 2.63. The summed E-state index contributed by atoms with van der Waals surface area (Å²) in [6.07, 6.45) is 0.722. The number of ether oxygens (including phenoxy) is 1. The van der Waals surface area contributed by atoms with Crippen molar-refractivity contribution in [1.29, 1.82) is 0 Å². The summed E-state index contributed by atoms with van der Waals surface area (Å²) in [5.74, 6) is -0.335. The maximum absolute atomic E-state index is 11.9. The largest absolute Gasteiger partial charge is 0.469 e. The molecule has 18 heavy (non-hydrogen) atoms. The van der Waals surface area contributed by atoms with Crippen molar-refractivity contribution < 1.29 is 9.53 Å². The van der Waals surface area contributed by atoms with Crippen LogP contribution in [0.2, 0.25) is 0 Å². The molecular formula is C16H14O2. The SMILES string of the molecule is COC(=O)[C@@H]1Cc2ccccc2-c2ccccc21. The fourth-order valence-electron chi connectivity index (χ4n) is 2.69. The number of esters is 1. The van der Waals surface area contributed by atoms with E-state index < -0.39 is 0 Å². The van der Waals surface area contributed by atoms with Gasteiger partial charge in [0.25, 0.3) is 0 Å². The number of hydrogen-bond donors (Lipinski definition) is 0. The molecule has 3 rings (SSSR count). The van der Waals surface area contributed by atoms with Crippen molar-refractivity contribution >= 4 is 5.97 Å². The Balaban J connectivity index is 2.20. The molecule has 0 saturated heterocycles. The maximum Gasteiger partial charge on any atom is 0.313 e. The summed E-state index contributed by atoms with van der Waals surface area (Å²) >= 11 is 0. The van der Waals surface area contributed by atoms with Crippen molar-refractivity contribution in [2.24, 2.45) is 0 Å². The normalized spacial score (nSPS) is 16.6. The molecule has 0 heterocycles. The molecule has 0 fully saturated rings. The standard InChI is InChI=1S/C16H14O2/c1-18-16(17)15-10-11-6-2-3-7-12(11)13-8-4-5-9-14(13)15/h2-9,15H,10H2,1H3/t15-/m1/s1. The van der Waals surface area contributed by atoms with E-state index in [0.717, 1.165) is 17.5 Å². The molecule has 0 radical (unpaired) electrons. The van der Waals surface area contributed by atoms with Crippen molar-refractivity contribution in [3.63, 3.8) is 0 Å². The Bertz CT molecular complexity index is 602. The van der Waals surface area contributed by atoms with Gasteiger partial charge < -0.3 is 4.74 Å². The van der Waals surface area contributed by atoms with Crippen LogP contribution in [0, 0.1) is 0 Å². The van der Waals surface area contributed by atoms with Gasteiger partial charge in [-0.1, -0.05) is 48.5 Å². The minimum absolute atomic E-state index is 0.156. The van der Waals surface area contributed by atoms with Crippen LogP contribution in [0.15, 0.2) is 48.5 Å². The van der Waals surface area contributed by atoms with Crippen molar-refractivity contribution in [1.82, 2.24) is 0 Å². The highest BCUT2D eigenvalue weighted by atomic mass is 16.5. The molecule has 90 valence electrons. The Morgan fingerprint density at radius 3 is 2.50 bits per heavy atom. The monoisotopic (exact) mass is 238 g/mol. The fraction of sp³-hybridized carbons (Fsp3) is 0.188. The Hall–Kier alpha value is -2.09. The quantitative estimate of drug-likeness (QED) is 0.713. The first-order valence-electron chi connectivity index (χ1n) is 6.06. The number of carbonyl (C=O) groups is 1. The third kappa shape index (κ3) is 1.61. The zero-order valence-electron chi connectivity index (χ0n) is 10.2. The van der Waals surface area contributed by atoms with Crippen LogP contribution >= 0.6 is 0 Å². The first kappa shape index (κ1) is 11.0. The average Bonchev–Trinajstić information content (AvgIpc) is 2.45. The van der Waals surface area contributed by atoms with Crippen molar-refractivity contribution in [2.75, 3.05) is 7.11 Å². The van der Waals surface area contributed by atoms with Gasteiger partial charge in [0.05, 0.1) is 13.0 Å². The molecule has 2 nitrogen and oxygen atoms in total. The lowest BCUT2D eigenvalue weighted by Crippen LogP contribution is -2.20. The molecular weight excluding hydrogens is 224 g/mol. The minimum atomic E-state index is -0.180. The van der Waals surface area contributed by atoms with E-state index >= 15 is 0 Å². The summed E-state index contributed by atoms with van der Waals surface area (Å²) in [7, 11) is 1.45. The summed E-state index contributed by atoms with van der Waals surface area (Å²) in [5, 5.41) is 0. The summed E-state index contributed by atoms with van der Waals surface area (Å²) in [4.78, 5) is 11.9. The topological polar surface area (TPSA) is 26.3 Å². The number of carbonyl (C=O) groups excluding carboxylic acids is 1. The lowest BCUT2D eigenvalue weighted by molar-refractivity contribution is -0.142. The number of fused-ring (bicyclic) bond motifs is 3. The van der Waals surface area contributed by atoms with Gasteiger partial charge in [0, 0.05) is 0 Å². The molecule has 2 heteroatoms. The predicted octanol–water partition coefficient (Wildman–Crippen LogP) is 3.17. The van der Waals surface area contributed by atoms with Crippen LogP contribution in [-0.4, -0.2) is 13.1 Å². The van der Waals surface area contributed by atoms with Crippen LogP contribution in [0.1, 0.15) is 17.0 Å². The number of rotatable bonds is 1. The second-order valence-electron chi connectivity index (χ2n) is 4.52. The average molecular weight is 238 g/mol. The van der Waals surface area contributed by atoms with E-state index in [4.69, 9.17) is 4.74 Å². The van der Waals surface area contributed by atoms with Crippen molar-refractivity contribution in [2.45, 2.75) is 12.3 Å². The van der Waals surface area contributed by atoms with Gasteiger partial charge in [0.1, 0.15) is 0 Å². The van der Waals surface area contributed by atoms with Crippen molar-refractivity contribution in [3.8, 4) is 11.1 Å². The summed E-state index contributed by atoms with van der Waals surface area (Å²) in [6, 6.07) is 16.3. The number of benzene rings is 2. The number of methoxy groups -OCH3 is 1. The van der Waals surface area contributed by atoms with Gasteiger partial charge >= 0.3 is 5.97 Å². The van der Waals surface area contributed by atoms with Gasteiger partial charge in [-0.3, -0.25) is 4.79 Å². The zero-order chi connectivity index (χ0) is 12.5. The second kappa shape index (κ2) is 4.30. The molecule has 0 N–H and O–H groups in total. The van der Waals surface area contributed by atoms with Gasteiger partial charge in [-0.05, 0) is 28.7 Å². The van der Waals surface area contributed by atoms with Gasteiger partial charge in [0.2, 0.25) is 0 Å². The molecule has 2 aromatic rings. The molecule has 2 aromatic carbocycles. The Labute approximate surface area is 106 Å². The molecule has 0 saturated carbocycles. The molecule has 0 bridgehead atoms. The summed E-state index contributed by atoms with van der Waals surface area (Å²) in [5.41, 5.74) is 4.66. The summed E-state index contributed by atoms with van der Waals surface area (Å²) in [6.45, 7) is 0. The molecule has 1 atom stereocenters. The van der Waals surface area contributed by atoms with E-state index in [-0.39, 0.29) is 11.9 Å². The molecule has 0 spiro atoms. The maximum atomic E-state index is 11.9. The first-order chi connectivity index (χ1) is 8.81. The lowest BCUT2D eigenvalue weighted by atomic mass is 9.79. The van der Waals surface area contributed by atoms with E-state index in [9.17, 15) is 4.79 Å². The molecule has 0 aliphatic heterocycles. The molecule has 1 aliphatic carbocycles. The van der Waals surface area contributed by atoms with Crippen LogP contribution in [0.4, 0.5) is 0 Å². The van der Waals surface area contributed by atoms with E-state index in [0.29, 0.717) is 0 Å². The highest BCUT2D eigenvalue weighted by Gasteiger charge is 2.29. The highest BCUT2D eigenvalue weighted by Crippen LogP contribution is 2.39. The van der Waals surface area contributed by atoms with E-state index in [1.807, 2.05) is 30.3 Å². The Morgan fingerprint density at radius 2 is 1.72 bits per heavy atom. The second-order valence-corrected chi connectivity index (χ2v) is 4.52. The van der Waals surface area contributed by atoms with Crippen LogP contribution in [-0.2, 0) is 16.0 Å². The zero-order valence-corrected chi connectivity index (χ0v) is 10.2. The third-order valence-corrected chi connectivity index (χ3v) is 3.55. The van der Waals surface area contributed by atoms with Crippen molar-refractivity contribution in [3.05, 3.63) is 59.7 Å². The minimum Gasteiger partial charge on any atom is -0.469 e. The molecule has 0 aromatic heterocycles. The van der Waals surface area contributed by atoms with Gasteiger partial charge in [0.15, 0.2) is 0 Å². The first-order valence-corrected chi connectivity index (χ1v) is 6.06. The van der Waals surface area contributed by atoms with E-state index in [2.05, 4.69) is 18.2 Å². The highest BCUT2D eigenvalue weighted by molar-refractivity contribution is 5.86. The smallest absolute Gasteiger partial charge is 0.313 e. The van der Waals surface area contributed by atoms with Crippen LogP contribution in [0.25, 0.3) is 11.1 Å². The van der Waals surface area contributed by atoms with Gasteiger partial charge in [-0.2, -0.15) is 0 Å². The Morgan fingerprint density at radius 1 is 1.06 bits per heavy atom. The third-order valence-electron chi connectivity index (χ3n) is 3.55. The van der Waals surface area contributed by atoms with Crippen LogP contribution in [0.5, 0.6) is 0 Å².